The fourth-order valence-electron chi connectivity index (χ4n) is 3.02. The topological polar surface area (TPSA) is 9.23 Å². The fourth-order valence-corrected chi connectivity index (χ4v) is 7.68. The van der Waals surface area contributed by atoms with Crippen LogP contribution in [0.25, 0.3) is 0 Å². The van der Waals surface area contributed by atoms with Crippen molar-refractivity contribution in [1.29, 1.82) is 0 Å². The molecule has 0 aliphatic heterocycles. The van der Waals surface area contributed by atoms with Crippen molar-refractivity contribution < 1.29 is 24.7 Å². The van der Waals surface area contributed by atoms with Crippen LogP contribution in [0.3, 0.4) is 0 Å². The van der Waals surface area contributed by atoms with Gasteiger partial charge in [-0.3, -0.25) is 0 Å². The number of hydrogen-bond donors (Lipinski definition) is 0. The van der Waals surface area contributed by atoms with Crippen LogP contribution >= 0.6 is 0 Å². The van der Waals surface area contributed by atoms with E-state index in [1.54, 1.807) is 0 Å². The summed E-state index contributed by atoms with van der Waals surface area (Å²) in [7, 11) is -2.27. The number of hydrogen-bond acceptors (Lipinski definition) is 1. The van der Waals surface area contributed by atoms with E-state index in [-0.39, 0.29) is 25.3 Å². The molecule has 0 aliphatic rings. The first-order valence-corrected chi connectivity index (χ1v) is 9.68. The van der Waals surface area contributed by atoms with Crippen molar-refractivity contribution in [2.24, 2.45) is 0 Å². The predicted octanol–water partition coefficient (Wildman–Crippen LogP) is 1.09. The Labute approximate surface area is 149 Å². The molecule has 0 aliphatic carbocycles. The van der Waals surface area contributed by atoms with Crippen molar-refractivity contribution in [3.8, 4) is 0 Å². The minimum Gasteiger partial charge on any atom is -1.00 e. The van der Waals surface area contributed by atoms with Crippen molar-refractivity contribution in [3.05, 3.63) is 60.7 Å². The van der Waals surface area contributed by atoms with Crippen molar-refractivity contribution in [2.75, 3.05) is 6.61 Å². The first-order chi connectivity index (χ1) is 10.0. The van der Waals surface area contributed by atoms with E-state index in [9.17, 15) is 0 Å². The number of rotatable bonds is 5. The van der Waals surface area contributed by atoms with E-state index >= 15 is 0 Å². The Kier molecular flexibility index (Phi) is 7.16. The summed E-state index contributed by atoms with van der Waals surface area (Å²) in [6, 6.07) is 21.6. The fraction of sp³-hybridized carbons (Fsp3) is 0.368. The van der Waals surface area contributed by atoms with Crippen molar-refractivity contribution in [1.82, 2.24) is 0 Å². The van der Waals surface area contributed by atoms with Crippen LogP contribution in [-0.2, 0) is 4.43 Å². The standard InChI is InChI=1S/C19H26OSi.Li.H/c1-5-16-20-21(19(2,3)4,17-12-8-6-9-13-17)18-14-10-7-11-15-18;;/h6-15H,5,16H2,1-4H3;;/q;+1;-1. The van der Waals surface area contributed by atoms with Gasteiger partial charge in [0.1, 0.15) is 0 Å². The van der Waals surface area contributed by atoms with Crippen LogP contribution in [0.5, 0.6) is 0 Å². The summed E-state index contributed by atoms with van der Waals surface area (Å²) < 4.78 is 6.65. The second-order valence-electron chi connectivity index (χ2n) is 6.51. The van der Waals surface area contributed by atoms with Crippen LogP contribution in [-0.4, -0.2) is 14.9 Å². The van der Waals surface area contributed by atoms with E-state index in [0.717, 1.165) is 13.0 Å². The second-order valence-corrected chi connectivity index (χ2v) is 10.8. The Morgan fingerprint density at radius 2 is 1.27 bits per heavy atom. The Morgan fingerprint density at radius 1 is 0.864 bits per heavy atom. The molecule has 2 rings (SSSR count). The zero-order chi connectivity index (χ0) is 15.3. The normalized spacial score (nSPS) is 11.8. The quantitative estimate of drug-likeness (QED) is 0.752. The van der Waals surface area contributed by atoms with Gasteiger partial charge in [0.25, 0.3) is 8.32 Å². The molecule has 0 heterocycles. The molecule has 22 heavy (non-hydrogen) atoms. The summed E-state index contributed by atoms with van der Waals surface area (Å²) in [5.41, 5.74) is 0. The van der Waals surface area contributed by atoms with Gasteiger partial charge in [0.15, 0.2) is 0 Å². The first-order valence-electron chi connectivity index (χ1n) is 7.77. The Morgan fingerprint density at radius 3 is 1.59 bits per heavy atom. The molecule has 1 nitrogen and oxygen atoms in total. The van der Waals surface area contributed by atoms with Gasteiger partial charge in [0, 0.05) is 6.61 Å². The average Bonchev–Trinajstić information content (AvgIpc) is 2.49. The molecule has 0 amide bonds. The van der Waals surface area contributed by atoms with E-state index in [0.29, 0.717) is 0 Å². The van der Waals surface area contributed by atoms with Gasteiger partial charge in [-0.15, -0.1) is 0 Å². The zero-order valence-corrected chi connectivity index (χ0v) is 15.6. The SMILES string of the molecule is CCCO[Si](c1ccccc1)(c1ccccc1)C(C)(C)C.[H-].[Li+]. The van der Waals surface area contributed by atoms with Crippen LogP contribution in [0.2, 0.25) is 5.04 Å². The molecule has 0 spiro atoms. The van der Waals surface area contributed by atoms with Gasteiger partial charge in [-0.05, 0) is 21.8 Å². The minimum absolute atomic E-state index is 0. The van der Waals surface area contributed by atoms with Crippen molar-refractivity contribution >= 4 is 18.7 Å². The van der Waals surface area contributed by atoms with Crippen molar-refractivity contribution in [3.63, 3.8) is 0 Å². The van der Waals surface area contributed by atoms with Crippen LogP contribution in [0.1, 0.15) is 35.5 Å². The molecule has 0 N–H and O–H groups in total. The summed E-state index contributed by atoms with van der Waals surface area (Å²) in [5.74, 6) is 0. The molecule has 0 radical (unpaired) electrons. The van der Waals surface area contributed by atoms with Crippen LogP contribution in [0.15, 0.2) is 60.7 Å². The summed E-state index contributed by atoms with van der Waals surface area (Å²) >= 11 is 0. The van der Waals surface area contributed by atoms with Crippen LogP contribution in [0, 0.1) is 0 Å². The molecule has 0 bridgehead atoms. The molecular formula is C19H27LiOSi. The third-order valence-corrected chi connectivity index (χ3v) is 8.98. The Balaban J connectivity index is 0.00000242. The average molecular weight is 306 g/mol. The summed E-state index contributed by atoms with van der Waals surface area (Å²) in [6.07, 6.45) is 1.05. The molecular weight excluding hydrogens is 279 g/mol. The van der Waals surface area contributed by atoms with Gasteiger partial charge in [-0.2, -0.15) is 0 Å². The summed E-state index contributed by atoms with van der Waals surface area (Å²) in [5, 5.41) is 2.81. The Hall–Kier alpha value is -0.786. The Bertz CT molecular complexity index is 515. The first kappa shape index (κ1) is 19.3. The molecule has 3 heteroatoms. The molecule has 2 aromatic rings. The van der Waals surface area contributed by atoms with Crippen LogP contribution in [0.4, 0.5) is 0 Å². The largest absolute Gasteiger partial charge is 1.00 e. The van der Waals surface area contributed by atoms with Gasteiger partial charge in [-0.1, -0.05) is 88.4 Å². The third-order valence-electron chi connectivity index (χ3n) is 3.94. The van der Waals surface area contributed by atoms with Gasteiger partial charge in [0.2, 0.25) is 0 Å². The maximum absolute atomic E-state index is 6.65. The summed E-state index contributed by atoms with van der Waals surface area (Å²) in [4.78, 5) is 0. The number of benzene rings is 2. The second kappa shape index (κ2) is 8.17. The molecule has 0 aromatic heterocycles. The van der Waals surface area contributed by atoms with Gasteiger partial charge in [-0.25, -0.2) is 0 Å². The molecule has 114 valence electrons. The van der Waals surface area contributed by atoms with E-state index in [4.69, 9.17) is 4.43 Å². The molecule has 0 saturated heterocycles. The third kappa shape index (κ3) is 3.75. The maximum atomic E-state index is 6.65. The molecule has 0 fully saturated rings. The monoisotopic (exact) mass is 306 g/mol. The van der Waals surface area contributed by atoms with Gasteiger partial charge >= 0.3 is 18.9 Å². The van der Waals surface area contributed by atoms with Crippen molar-refractivity contribution in [2.45, 2.75) is 39.2 Å². The molecule has 0 atom stereocenters. The zero-order valence-electron chi connectivity index (χ0n) is 15.6. The predicted molar refractivity (Wildman–Crippen MR) is 95.0 cm³/mol. The van der Waals surface area contributed by atoms with Crippen LogP contribution < -0.4 is 29.2 Å². The maximum Gasteiger partial charge on any atom is 1.00 e. The minimum atomic E-state index is -2.27. The molecule has 0 unspecified atom stereocenters. The van der Waals surface area contributed by atoms with E-state index in [1.165, 1.54) is 10.4 Å². The smallest absolute Gasteiger partial charge is 1.00 e. The molecule has 0 saturated carbocycles. The summed E-state index contributed by atoms with van der Waals surface area (Å²) in [6.45, 7) is 9.93. The van der Waals surface area contributed by atoms with E-state index in [1.807, 2.05) is 0 Å². The van der Waals surface area contributed by atoms with E-state index < -0.39 is 8.32 Å². The van der Waals surface area contributed by atoms with E-state index in [2.05, 4.69) is 88.4 Å². The van der Waals surface area contributed by atoms with Gasteiger partial charge < -0.3 is 5.85 Å². The molecule has 2 aromatic carbocycles. The van der Waals surface area contributed by atoms with Gasteiger partial charge in [0.05, 0.1) is 0 Å².